The van der Waals surface area contributed by atoms with E-state index in [1.54, 1.807) is 23.6 Å². The van der Waals surface area contributed by atoms with Gasteiger partial charge in [-0.3, -0.25) is 4.79 Å². The molecule has 0 saturated carbocycles. The third-order valence-corrected chi connectivity index (χ3v) is 4.00. The molecule has 6 nitrogen and oxygen atoms in total. The molecular weight excluding hydrogens is 290 g/mol. The Labute approximate surface area is 133 Å². The summed E-state index contributed by atoms with van der Waals surface area (Å²) in [5.74, 6) is 0.0252. The van der Waals surface area contributed by atoms with E-state index in [0.29, 0.717) is 18.7 Å². The average Bonchev–Trinajstić information content (AvgIpc) is 3.24. The molecule has 0 atom stereocenters. The summed E-state index contributed by atoms with van der Waals surface area (Å²) in [7, 11) is 0. The molecule has 0 radical (unpaired) electrons. The second-order valence-corrected chi connectivity index (χ2v) is 5.59. The third kappa shape index (κ3) is 2.70. The number of hydrogen-bond acceptors (Lipinski definition) is 4. The van der Waals surface area contributed by atoms with Gasteiger partial charge >= 0.3 is 0 Å². The number of fused-ring (bicyclic) bond motifs is 1. The normalized spacial score (nSPS) is 13.1. The first-order valence-corrected chi connectivity index (χ1v) is 7.41. The van der Waals surface area contributed by atoms with Crippen molar-refractivity contribution in [2.24, 2.45) is 0 Å². The smallest absolute Gasteiger partial charge is 0.254 e. The molecule has 3 heterocycles. The lowest BCUT2D eigenvalue weighted by molar-refractivity contribution is 0.0750. The minimum Gasteiger partial charge on any atom is -0.333 e. The Kier molecular flexibility index (Phi) is 3.34. The molecule has 6 heteroatoms. The molecule has 3 aromatic rings. The molecule has 0 saturated heterocycles. The highest BCUT2D eigenvalue weighted by atomic mass is 16.2. The van der Waals surface area contributed by atoms with Crippen LogP contribution in [0.25, 0.3) is 0 Å². The molecule has 1 aliphatic heterocycles. The molecule has 1 aliphatic rings. The van der Waals surface area contributed by atoms with Gasteiger partial charge in [0.2, 0.25) is 0 Å². The lowest BCUT2D eigenvalue weighted by Gasteiger charge is -2.15. The van der Waals surface area contributed by atoms with Crippen molar-refractivity contribution in [2.75, 3.05) is 0 Å². The summed E-state index contributed by atoms with van der Waals surface area (Å²) in [5.41, 5.74) is 3.79. The van der Waals surface area contributed by atoms with Gasteiger partial charge in [0.25, 0.3) is 5.91 Å². The molecule has 0 fully saturated rings. The first kappa shape index (κ1) is 13.6. The summed E-state index contributed by atoms with van der Waals surface area (Å²) in [5, 5.41) is 0. The molecule has 114 valence electrons. The van der Waals surface area contributed by atoms with E-state index in [2.05, 4.69) is 15.0 Å². The number of amides is 1. The number of nitrogens with zero attached hydrogens (tertiary/aromatic N) is 5. The SMILES string of the molecule is O=C(c1ccc(Cn2ccnc2)cc1)N1Cc2cncnc2C1. The van der Waals surface area contributed by atoms with E-state index in [-0.39, 0.29) is 5.91 Å². The predicted molar refractivity (Wildman–Crippen MR) is 83.4 cm³/mol. The number of benzene rings is 1. The zero-order valence-corrected chi connectivity index (χ0v) is 12.5. The Morgan fingerprint density at radius 2 is 2.00 bits per heavy atom. The van der Waals surface area contributed by atoms with Crippen LogP contribution in [-0.4, -0.2) is 30.3 Å². The van der Waals surface area contributed by atoms with E-state index < -0.39 is 0 Å². The number of carbonyl (C=O) groups excluding carboxylic acids is 1. The van der Waals surface area contributed by atoms with Crippen LogP contribution < -0.4 is 0 Å². The Hall–Kier alpha value is -3.02. The maximum atomic E-state index is 12.6. The largest absolute Gasteiger partial charge is 0.333 e. The number of aromatic nitrogens is 4. The summed E-state index contributed by atoms with van der Waals surface area (Å²) in [6.45, 7) is 1.87. The van der Waals surface area contributed by atoms with Crippen molar-refractivity contribution >= 4 is 5.91 Å². The zero-order chi connectivity index (χ0) is 15.6. The highest BCUT2D eigenvalue weighted by molar-refractivity contribution is 5.94. The van der Waals surface area contributed by atoms with E-state index in [9.17, 15) is 4.79 Å². The fourth-order valence-corrected chi connectivity index (χ4v) is 2.77. The molecule has 2 aromatic heterocycles. The highest BCUT2D eigenvalue weighted by Crippen LogP contribution is 2.21. The van der Waals surface area contributed by atoms with E-state index in [4.69, 9.17) is 0 Å². The molecule has 0 unspecified atom stereocenters. The van der Waals surface area contributed by atoms with Crippen molar-refractivity contribution in [3.63, 3.8) is 0 Å². The van der Waals surface area contributed by atoms with Gasteiger partial charge in [-0.2, -0.15) is 0 Å². The van der Waals surface area contributed by atoms with Crippen molar-refractivity contribution in [1.82, 2.24) is 24.4 Å². The van der Waals surface area contributed by atoms with Crippen LogP contribution in [0.3, 0.4) is 0 Å². The van der Waals surface area contributed by atoms with Gasteiger partial charge in [-0.1, -0.05) is 12.1 Å². The number of hydrogen-bond donors (Lipinski definition) is 0. The fourth-order valence-electron chi connectivity index (χ4n) is 2.77. The summed E-state index contributed by atoms with van der Waals surface area (Å²) >= 11 is 0. The summed E-state index contributed by atoms with van der Waals surface area (Å²) in [4.78, 5) is 26.7. The zero-order valence-electron chi connectivity index (χ0n) is 12.5. The first-order valence-electron chi connectivity index (χ1n) is 7.41. The molecular formula is C17H15N5O. The van der Waals surface area contributed by atoms with Crippen LogP contribution >= 0.6 is 0 Å². The maximum absolute atomic E-state index is 12.6. The molecule has 0 aliphatic carbocycles. The van der Waals surface area contributed by atoms with Gasteiger partial charge in [0.15, 0.2) is 0 Å². The van der Waals surface area contributed by atoms with E-state index in [0.717, 1.165) is 23.4 Å². The number of imidazole rings is 1. The van der Waals surface area contributed by atoms with Crippen LogP contribution in [0.2, 0.25) is 0 Å². The van der Waals surface area contributed by atoms with Crippen LogP contribution in [0.5, 0.6) is 0 Å². The van der Waals surface area contributed by atoms with Crippen LogP contribution in [-0.2, 0) is 19.6 Å². The maximum Gasteiger partial charge on any atom is 0.254 e. The molecule has 0 spiro atoms. The quantitative estimate of drug-likeness (QED) is 0.741. The second kappa shape index (κ2) is 5.64. The molecule has 1 amide bonds. The van der Waals surface area contributed by atoms with Crippen LogP contribution in [0.15, 0.2) is 55.5 Å². The Bertz CT molecular complexity index is 801. The van der Waals surface area contributed by atoms with Crippen molar-refractivity contribution in [3.8, 4) is 0 Å². The average molecular weight is 305 g/mol. The monoisotopic (exact) mass is 305 g/mol. The predicted octanol–water partition coefficient (Wildman–Crippen LogP) is 1.88. The van der Waals surface area contributed by atoms with Gasteiger partial charge in [-0.15, -0.1) is 0 Å². The van der Waals surface area contributed by atoms with Crippen molar-refractivity contribution in [1.29, 1.82) is 0 Å². The molecule has 1 aromatic carbocycles. The van der Waals surface area contributed by atoms with Crippen molar-refractivity contribution in [3.05, 3.63) is 77.9 Å². The fraction of sp³-hybridized carbons (Fsp3) is 0.176. The lowest BCUT2D eigenvalue weighted by atomic mass is 10.1. The second-order valence-electron chi connectivity index (χ2n) is 5.59. The summed E-state index contributed by atoms with van der Waals surface area (Å²) in [6, 6.07) is 7.72. The van der Waals surface area contributed by atoms with Gasteiger partial charge < -0.3 is 9.47 Å². The Morgan fingerprint density at radius 3 is 2.74 bits per heavy atom. The lowest BCUT2D eigenvalue weighted by Crippen LogP contribution is -2.25. The minimum atomic E-state index is 0.0252. The van der Waals surface area contributed by atoms with E-state index in [1.165, 1.54) is 6.33 Å². The topological polar surface area (TPSA) is 63.9 Å². The minimum absolute atomic E-state index is 0.0252. The van der Waals surface area contributed by atoms with Gasteiger partial charge in [-0.05, 0) is 17.7 Å². The van der Waals surface area contributed by atoms with Gasteiger partial charge in [-0.25, -0.2) is 15.0 Å². The van der Waals surface area contributed by atoms with Crippen LogP contribution in [0, 0.1) is 0 Å². The highest BCUT2D eigenvalue weighted by Gasteiger charge is 2.25. The Morgan fingerprint density at radius 1 is 1.13 bits per heavy atom. The summed E-state index contributed by atoms with van der Waals surface area (Å²) in [6.07, 6.45) is 8.76. The van der Waals surface area contributed by atoms with Gasteiger partial charge in [0.05, 0.1) is 18.6 Å². The summed E-state index contributed by atoms with van der Waals surface area (Å²) < 4.78 is 1.99. The number of rotatable bonds is 3. The van der Waals surface area contributed by atoms with E-state index in [1.807, 2.05) is 35.0 Å². The van der Waals surface area contributed by atoms with Crippen LogP contribution in [0.1, 0.15) is 27.2 Å². The third-order valence-electron chi connectivity index (χ3n) is 4.00. The molecule has 23 heavy (non-hydrogen) atoms. The first-order chi connectivity index (χ1) is 11.3. The molecule has 0 bridgehead atoms. The van der Waals surface area contributed by atoms with Crippen LogP contribution in [0.4, 0.5) is 0 Å². The van der Waals surface area contributed by atoms with Gasteiger partial charge in [0.1, 0.15) is 6.33 Å². The standard InChI is InChI=1S/C17H15N5O/c23-17(22-9-15-7-19-11-20-16(15)10-22)14-3-1-13(2-4-14)8-21-6-5-18-12-21/h1-7,11-12H,8-10H2. The molecule has 4 rings (SSSR count). The molecule has 0 N–H and O–H groups in total. The van der Waals surface area contributed by atoms with Crippen molar-refractivity contribution in [2.45, 2.75) is 19.6 Å². The Balaban J connectivity index is 1.47. The number of carbonyl (C=O) groups is 1. The van der Waals surface area contributed by atoms with Gasteiger partial charge in [0, 0.05) is 42.8 Å². The van der Waals surface area contributed by atoms with E-state index >= 15 is 0 Å². The van der Waals surface area contributed by atoms with Crippen molar-refractivity contribution < 1.29 is 4.79 Å².